The third-order valence-corrected chi connectivity index (χ3v) is 4.47. The van der Waals surface area contributed by atoms with Crippen molar-refractivity contribution in [3.8, 4) is 0 Å². The summed E-state index contributed by atoms with van der Waals surface area (Å²) in [6, 6.07) is 2.39. The molecule has 0 spiro atoms. The van der Waals surface area contributed by atoms with Crippen molar-refractivity contribution in [3.05, 3.63) is 128 Å². The smallest absolute Gasteiger partial charge is 0.339 e. The minimum absolute atomic E-state index is 0. The van der Waals surface area contributed by atoms with Gasteiger partial charge in [-0.05, 0) is 128 Å². The molecule has 0 bridgehead atoms. The van der Waals surface area contributed by atoms with Crippen molar-refractivity contribution in [2.75, 3.05) is 13.1 Å². The van der Waals surface area contributed by atoms with Gasteiger partial charge >= 0.3 is 34.1 Å². The summed E-state index contributed by atoms with van der Waals surface area (Å²) < 4.78 is 0. The Labute approximate surface area is 201 Å². The van der Waals surface area contributed by atoms with E-state index in [1.165, 1.54) is 12.1 Å². The predicted octanol–water partition coefficient (Wildman–Crippen LogP) is 3.65. The molecule has 5 fully saturated rings. The molecule has 20 radical (unpaired) electrons. The molecule has 0 N–H and O–H groups in total. The molecule has 28 heavy (non-hydrogen) atoms. The van der Waals surface area contributed by atoms with E-state index in [0.717, 1.165) is 18.2 Å². The standard InChI is InChI=1S/C13H12N2S.2C5H5.2Fe/c16-13-14(11-5-1-2-6-11)9-10-15(13)12-7-3-4-8-12;2*1-2-4-5-3-1;;/h1-8H,9-10H2;2*1-5H;;/q;;;2*+2. The van der Waals surface area contributed by atoms with Gasteiger partial charge in [-0.15, -0.1) is 0 Å². The van der Waals surface area contributed by atoms with Crippen LogP contribution in [-0.4, -0.2) is 28.0 Å². The van der Waals surface area contributed by atoms with Gasteiger partial charge in [0.05, 0.1) is 12.1 Å². The van der Waals surface area contributed by atoms with Gasteiger partial charge in [0.1, 0.15) is 0 Å². The quantitative estimate of drug-likeness (QED) is 0.450. The van der Waals surface area contributed by atoms with E-state index in [9.17, 15) is 0 Å². The summed E-state index contributed by atoms with van der Waals surface area (Å²) >= 11 is 5.51. The monoisotopic (exact) mass is 470 g/mol. The van der Waals surface area contributed by atoms with Crippen molar-refractivity contribution in [2.45, 2.75) is 0 Å². The molecule has 1 heterocycles. The minimum atomic E-state index is 0. The molecule has 4 aliphatic carbocycles. The van der Waals surface area contributed by atoms with Gasteiger partial charge in [-0.2, -0.15) is 0 Å². The molecule has 0 aromatic rings. The van der Waals surface area contributed by atoms with Crippen molar-refractivity contribution < 1.29 is 34.1 Å². The SMILES string of the molecule is S=C1N([C]2[CH][CH][CH][CH]2)CCN1[C]1[CH][CH][CH][CH]1.[CH]1[CH][CH][CH][CH]1.[CH]1[CH][CH][CH][CH]1.[Fe+2].[Fe+2]. The van der Waals surface area contributed by atoms with E-state index < -0.39 is 0 Å². The molecule has 142 valence electrons. The normalized spacial score (nSPS) is 24.9. The zero-order valence-corrected chi connectivity index (χ0v) is 18.3. The summed E-state index contributed by atoms with van der Waals surface area (Å²) in [5.74, 6) is 0. The van der Waals surface area contributed by atoms with Gasteiger partial charge < -0.3 is 9.80 Å². The number of hydrogen-bond acceptors (Lipinski definition) is 1. The van der Waals surface area contributed by atoms with Crippen LogP contribution in [0.1, 0.15) is 0 Å². The maximum absolute atomic E-state index is 5.51. The van der Waals surface area contributed by atoms with Crippen LogP contribution in [0.25, 0.3) is 0 Å². The van der Waals surface area contributed by atoms with Crippen LogP contribution in [0.2, 0.25) is 0 Å². The molecule has 2 nitrogen and oxygen atoms in total. The Morgan fingerprint density at radius 3 is 0.964 bits per heavy atom. The first-order valence-electron chi connectivity index (χ1n) is 8.72. The third-order valence-electron chi connectivity index (χ3n) is 4.03. The molecule has 1 saturated heterocycles. The first kappa shape index (κ1) is 26.8. The summed E-state index contributed by atoms with van der Waals surface area (Å²) in [4.78, 5) is 4.37. The summed E-state index contributed by atoms with van der Waals surface area (Å²) in [6.45, 7) is 1.93. The first-order valence-corrected chi connectivity index (χ1v) is 9.13. The average molecular weight is 470 g/mol. The van der Waals surface area contributed by atoms with Crippen molar-refractivity contribution in [2.24, 2.45) is 0 Å². The first-order chi connectivity index (χ1) is 12.9. The maximum atomic E-state index is 5.51. The Bertz CT molecular complexity index is 350. The van der Waals surface area contributed by atoms with Crippen LogP contribution in [0, 0.1) is 128 Å². The van der Waals surface area contributed by atoms with E-state index in [4.69, 9.17) is 12.2 Å². The molecule has 4 saturated carbocycles. The largest absolute Gasteiger partial charge is 2.00 e. The molecule has 0 unspecified atom stereocenters. The van der Waals surface area contributed by atoms with Crippen LogP contribution >= 0.6 is 12.2 Å². The van der Waals surface area contributed by atoms with Crippen molar-refractivity contribution >= 4 is 17.3 Å². The number of hydrogen-bond donors (Lipinski definition) is 0. The van der Waals surface area contributed by atoms with Gasteiger partial charge in [-0.3, -0.25) is 0 Å². The number of thiocarbonyl (C=S) groups is 1. The van der Waals surface area contributed by atoms with Crippen molar-refractivity contribution in [3.63, 3.8) is 0 Å². The maximum Gasteiger partial charge on any atom is 2.00 e. The van der Waals surface area contributed by atoms with Crippen LogP contribution in [0.3, 0.4) is 0 Å². The fourth-order valence-electron chi connectivity index (χ4n) is 2.75. The fraction of sp³-hybridized carbons (Fsp3) is 0.0870. The van der Waals surface area contributed by atoms with E-state index >= 15 is 0 Å². The third kappa shape index (κ3) is 8.46. The number of rotatable bonds is 2. The molecule has 5 rings (SSSR count). The zero-order chi connectivity index (χ0) is 18.0. The van der Waals surface area contributed by atoms with Gasteiger partial charge in [0, 0.05) is 13.1 Å². The van der Waals surface area contributed by atoms with Crippen molar-refractivity contribution in [1.82, 2.24) is 9.80 Å². The molecular weight excluding hydrogens is 448 g/mol. The second-order valence-electron chi connectivity index (χ2n) is 5.80. The molecule has 0 amide bonds. The Morgan fingerprint density at radius 2 is 0.714 bits per heavy atom. The van der Waals surface area contributed by atoms with Gasteiger partial charge in [-0.25, -0.2) is 0 Å². The van der Waals surface area contributed by atoms with Crippen LogP contribution in [0.5, 0.6) is 0 Å². The van der Waals surface area contributed by atoms with Crippen LogP contribution in [-0.2, 0) is 34.1 Å². The van der Waals surface area contributed by atoms with E-state index in [2.05, 4.69) is 35.5 Å². The zero-order valence-electron chi connectivity index (χ0n) is 15.3. The molecule has 0 aromatic heterocycles. The molecule has 5 aliphatic rings. The van der Waals surface area contributed by atoms with E-state index in [-0.39, 0.29) is 34.1 Å². The second kappa shape index (κ2) is 15.5. The molecule has 1 aliphatic heterocycles. The van der Waals surface area contributed by atoms with Gasteiger partial charge in [0.25, 0.3) is 0 Å². The van der Waals surface area contributed by atoms with Crippen molar-refractivity contribution in [1.29, 1.82) is 0 Å². The average Bonchev–Trinajstić information content (AvgIpc) is 3.51. The number of nitrogens with zero attached hydrogens (tertiary/aromatic N) is 2. The Hall–Kier alpha value is 0.729. The summed E-state index contributed by atoms with van der Waals surface area (Å²) in [6.07, 6.45) is 36.6. The van der Waals surface area contributed by atoms with E-state index in [1.807, 2.05) is 89.9 Å². The van der Waals surface area contributed by atoms with Gasteiger partial charge in [0.2, 0.25) is 0 Å². The minimum Gasteiger partial charge on any atom is -0.339 e. The summed E-state index contributed by atoms with van der Waals surface area (Å²) in [5, 5.41) is 0.900. The van der Waals surface area contributed by atoms with E-state index in [1.54, 1.807) is 0 Å². The molecular formula is C23H22Fe2N2S+4. The van der Waals surface area contributed by atoms with Crippen LogP contribution < -0.4 is 0 Å². The summed E-state index contributed by atoms with van der Waals surface area (Å²) in [5.41, 5.74) is 0. The van der Waals surface area contributed by atoms with Crippen LogP contribution in [0.15, 0.2) is 0 Å². The Morgan fingerprint density at radius 1 is 0.464 bits per heavy atom. The summed E-state index contributed by atoms with van der Waals surface area (Å²) in [7, 11) is 0. The Balaban J connectivity index is 0.000000271. The van der Waals surface area contributed by atoms with Crippen LogP contribution in [0.4, 0.5) is 0 Å². The predicted molar refractivity (Wildman–Crippen MR) is 110 cm³/mol. The fourth-order valence-corrected chi connectivity index (χ4v) is 3.14. The topological polar surface area (TPSA) is 6.48 Å². The molecule has 0 atom stereocenters. The Kier molecular flexibility index (Phi) is 14.8. The molecule has 5 heteroatoms. The van der Waals surface area contributed by atoms with Gasteiger partial charge in [0.15, 0.2) is 5.11 Å². The van der Waals surface area contributed by atoms with Gasteiger partial charge in [-0.1, -0.05) is 0 Å². The second-order valence-corrected chi connectivity index (χ2v) is 6.16. The molecule has 0 aromatic carbocycles. The van der Waals surface area contributed by atoms with E-state index in [0.29, 0.717) is 0 Å².